The molecule has 150 valence electrons. The van der Waals surface area contributed by atoms with Gasteiger partial charge in [-0.1, -0.05) is 48.5 Å². The van der Waals surface area contributed by atoms with Crippen LogP contribution in [-0.2, 0) is 0 Å². The maximum Gasteiger partial charge on any atom is 0.126 e. The Kier molecular flexibility index (Phi) is 5.17. The highest BCUT2D eigenvalue weighted by Gasteiger charge is 2.10. The molecule has 0 fully saturated rings. The molecule has 2 heterocycles. The van der Waals surface area contributed by atoms with Crippen LogP contribution in [0.15, 0.2) is 48.5 Å². The molecule has 30 heavy (non-hydrogen) atoms. The second-order valence-electron chi connectivity index (χ2n) is 7.81. The summed E-state index contributed by atoms with van der Waals surface area (Å²) in [5.74, 6) is 1.61. The summed E-state index contributed by atoms with van der Waals surface area (Å²) in [6.45, 7) is 12.1. The molecule has 0 aliphatic heterocycles. The third kappa shape index (κ3) is 3.73. The van der Waals surface area contributed by atoms with E-state index in [-0.39, 0.29) is 0 Å². The highest BCUT2D eigenvalue weighted by molar-refractivity contribution is 5.73. The molecule has 0 saturated heterocycles. The van der Waals surface area contributed by atoms with E-state index in [0.29, 0.717) is 0 Å². The van der Waals surface area contributed by atoms with E-state index in [2.05, 4.69) is 82.3 Å². The predicted molar refractivity (Wildman–Crippen MR) is 122 cm³/mol. The fourth-order valence-electron chi connectivity index (χ4n) is 3.74. The lowest BCUT2D eigenvalue weighted by atomic mass is 9.98. The summed E-state index contributed by atoms with van der Waals surface area (Å²) in [5, 5.41) is 0. The predicted octanol–water partition coefficient (Wildman–Crippen LogP) is 6.12. The lowest BCUT2D eigenvalue weighted by molar-refractivity contribution is 0.991. The van der Waals surface area contributed by atoms with Gasteiger partial charge in [0.1, 0.15) is 11.6 Å². The Hall–Kier alpha value is -3.40. The van der Waals surface area contributed by atoms with Gasteiger partial charge in [0.2, 0.25) is 0 Å². The van der Waals surface area contributed by atoms with E-state index in [1.54, 1.807) is 0 Å². The first-order chi connectivity index (χ1) is 14.3. The molecule has 2 aromatic heterocycles. The van der Waals surface area contributed by atoms with Crippen molar-refractivity contribution in [3.05, 3.63) is 82.7 Å². The molecule has 0 bridgehead atoms. The average molecular weight is 395 g/mol. The Morgan fingerprint density at radius 2 is 0.700 bits per heavy atom. The fourth-order valence-corrected chi connectivity index (χ4v) is 3.74. The number of aromatic nitrogens is 4. The van der Waals surface area contributed by atoms with Crippen LogP contribution in [-0.4, -0.2) is 19.9 Å². The van der Waals surface area contributed by atoms with Crippen molar-refractivity contribution in [1.82, 2.24) is 19.9 Å². The molecule has 4 nitrogen and oxygen atoms in total. The smallest absolute Gasteiger partial charge is 0.126 e. The number of hydrogen-bond acceptors (Lipinski definition) is 4. The van der Waals surface area contributed by atoms with Crippen LogP contribution in [0.1, 0.15) is 34.2 Å². The van der Waals surface area contributed by atoms with E-state index in [1.165, 1.54) is 11.1 Å². The van der Waals surface area contributed by atoms with Crippen LogP contribution < -0.4 is 0 Å². The Bertz CT molecular complexity index is 1120. The summed E-state index contributed by atoms with van der Waals surface area (Å²) in [5.41, 5.74) is 10.9. The number of nitrogens with zero attached hydrogens (tertiary/aromatic N) is 4. The molecule has 0 aliphatic carbocycles. The van der Waals surface area contributed by atoms with Crippen LogP contribution in [0.5, 0.6) is 0 Å². The second kappa shape index (κ2) is 7.79. The topological polar surface area (TPSA) is 51.6 Å². The van der Waals surface area contributed by atoms with Gasteiger partial charge in [0.15, 0.2) is 0 Å². The van der Waals surface area contributed by atoms with Gasteiger partial charge in [-0.15, -0.1) is 0 Å². The number of benzene rings is 2. The molecule has 0 saturated carbocycles. The van der Waals surface area contributed by atoms with Gasteiger partial charge in [0.25, 0.3) is 0 Å². The Morgan fingerprint density at radius 1 is 0.400 bits per heavy atom. The van der Waals surface area contributed by atoms with Crippen LogP contribution in [0.4, 0.5) is 0 Å². The monoisotopic (exact) mass is 394 g/mol. The normalized spacial score (nSPS) is 11.0. The van der Waals surface area contributed by atoms with Gasteiger partial charge in [-0.05, 0) is 63.8 Å². The minimum absolute atomic E-state index is 0.804. The standard InChI is InChI=1S/C26H26N4/c1-15-17(3)27-19(5)29-25(15)23-11-7-21(8-12-23)22-9-13-24(14-10-22)26-16(2)18(4)28-20(6)30-26/h7-14H,1-6H3. The summed E-state index contributed by atoms with van der Waals surface area (Å²) < 4.78 is 0. The van der Waals surface area contributed by atoms with Crippen molar-refractivity contribution in [2.45, 2.75) is 41.5 Å². The molecule has 0 aliphatic rings. The van der Waals surface area contributed by atoms with Crippen molar-refractivity contribution < 1.29 is 0 Å². The van der Waals surface area contributed by atoms with Crippen LogP contribution in [0.2, 0.25) is 0 Å². The van der Waals surface area contributed by atoms with Crippen molar-refractivity contribution in [1.29, 1.82) is 0 Å². The third-order valence-electron chi connectivity index (χ3n) is 5.65. The Labute approximate surface area is 178 Å². The molecule has 0 spiro atoms. The number of hydrogen-bond donors (Lipinski definition) is 0. The molecule has 0 radical (unpaired) electrons. The molecule has 2 aromatic carbocycles. The molecule has 0 N–H and O–H groups in total. The average Bonchev–Trinajstić information content (AvgIpc) is 2.73. The summed E-state index contributed by atoms with van der Waals surface area (Å²) in [6.07, 6.45) is 0. The lowest BCUT2D eigenvalue weighted by Crippen LogP contribution is -1.99. The Morgan fingerprint density at radius 3 is 1.03 bits per heavy atom. The second-order valence-corrected chi connectivity index (χ2v) is 7.81. The molecule has 0 unspecified atom stereocenters. The molecule has 0 atom stereocenters. The number of aryl methyl sites for hydroxylation is 4. The van der Waals surface area contributed by atoms with Crippen molar-refractivity contribution in [3.8, 4) is 33.6 Å². The van der Waals surface area contributed by atoms with E-state index in [4.69, 9.17) is 0 Å². The van der Waals surface area contributed by atoms with Crippen LogP contribution >= 0.6 is 0 Å². The summed E-state index contributed by atoms with van der Waals surface area (Å²) >= 11 is 0. The SMILES string of the molecule is Cc1nc(C)c(C)c(-c2ccc(-c3ccc(-c4nc(C)nc(C)c4C)cc3)cc2)n1. The summed E-state index contributed by atoms with van der Waals surface area (Å²) in [7, 11) is 0. The molecule has 4 aromatic rings. The van der Waals surface area contributed by atoms with Crippen molar-refractivity contribution in [2.75, 3.05) is 0 Å². The van der Waals surface area contributed by atoms with E-state index in [1.807, 2.05) is 27.7 Å². The van der Waals surface area contributed by atoms with Gasteiger partial charge >= 0.3 is 0 Å². The lowest BCUT2D eigenvalue weighted by Gasteiger charge is -2.11. The van der Waals surface area contributed by atoms with E-state index in [0.717, 1.165) is 56.7 Å². The zero-order chi connectivity index (χ0) is 21.4. The first-order valence-electron chi connectivity index (χ1n) is 10.2. The van der Waals surface area contributed by atoms with Crippen LogP contribution in [0, 0.1) is 41.5 Å². The van der Waals surface area contributed by atoms with Crippen LogP contribution in [0.3, 0.4) is 0 Å². The van der Waals surface area contributed by atoms with Crippen molar-refractivity contribution in [2.24, 2.45) is 0 Å². The minimum Gasteiger partial charge on any atom is -0.238 e. The quantitative estimate of drug-likeness (QED) is 0.420. The molecular weight excluding hydrogens is 368 g/mol. The largest absolute Gasteiger partial charge is 0.238 e. The van der Waals surface area contributed by atoms with Crippen molar-refractivity contribution >= 4 is 0 Å². The minimum atomic E-state index is 0.804. The van der Waals surface area contributed by atoms with E-state index in [9.17, 15) is 0 Å². The van der Waals surface area contributed by atoms with Gasteiger partial charge in [0, 0.05) is 22.5 Å². The molecule has 0 amide bonds. The molecule has 4 heteroatoms. The maximum absolute atomic E-state index is 4.65. The van der Waals surface area contributed by atoms with E-state index < -0.39 is 0 Å². The summed E-state index contributed by atoms with van der Waals surface area (Å²) in [6, 6.07) is 17.2. The van der Waals surface area contributed by atoms with Crippen molar-refractivity contribution in [3.63, 3.8) is 0 Å². The van der Waals surface area contributed by atoms with Crippen LogP contribution in [0.25, 0.3) is 33.6 Å². The first kappa shape index (κ1) is 19.9. The number of rotatable bonds is 3. The fraction of sp³-hybridized carbons (Fsp3) is 0.231. The highest BCUT2D eigenvalue weighted by Crippen LogP contribution is 2.29. The maximum atomic E-state index is 4.65. The highest BCUT2D eigenvalue weighted by atomic mass is 14.9. The van der Waals surface area contributed by atoms with E-state index >= 15 is 0 Å². The molecular formula is C26H26N4. The molecule has 4 rings (SSSR count). The van der Waals surface area contributed by atoms with Gasteiger partial charge < -0.3 is 0 Å². The zero-order valence-electron chi connectivity index (χ0n) is 18.4. The van der Waals surface area contributed by atoms with Gasteiger partial charge in [0.05, 0.1) is 11.4 Å². The zero-order valence-corrected chi connectivity index (χ0v) is 18.4. The first-order valence-corrected chi connectivity index (χ1v) is 10.2. The Balaban J connectivity index is 1.65. The third-order valence-corrected chi connectivity index (χ3v) is 5.65. The van der Waals surface area contributed by atoms with Gasteiger partial charge in [-0.2, -0.15) is 0 Å². The van der Waals surface area contributed by atoms with Gasteiger partial charge in [-0.3, -0.25) is 0 Å². The summed E-state index contributed by atoms with van der Waals surface area (Å²) in [4.78, 5) is 18.2. The van der Waals surface area contributed by atoms with Gasteiger partial charge in [-0.25, -0.2) is 19.9 Å².